The first-order valence-corrected chi connectivity index (χ1v) is 7.26. The van der Waals surface area contributed by atoms with Crippen LogP contribution in [0.15, 0.2) is 10.9 Å². The summed E-state index contributed by atoms with van der Waals surface area (Å²) in [5, 5.41) is 9.86. The zero-order valence-electron chi connectivity index (χ0n) is 12.1. The maximum atomic E-state index is 11.6. The van der Waals surface area contributed by atoms with E-state index in [1.54, 1.807) is 0 Å². The lowest BCUT2D eigenvalue weighted by Crippen LogP contribution is -2.29. The van der Waals surface area contributed by atoms with Crippen LogP contribution >= 0.6 is 0 Å². The Labute approximate surface area is 117 Å². The second-order valence-corrected chi connectivity index (χ2v) is 6.14. The van der Waals surface area contributed by atoms with Crippen LogP contribution in [0.25, 0.3) is 5.65 Å². The third kappa shape index (κ3) is 2.42. The summed E-state index contributed by atoms with van der Waals surface area (Å²) in [5.74, 6) is 1.44. The molecule has 2 aromatic heterocycles. The molecule has 0 amide bonds. The van der Waals surface area contributed by atoms with Gasteiger partial charge in [-0.1, -0.05) is 26.2 Å². The van der Waals surface area contributed by atoms with Gasteiger partial charge < -0.3 is 5.32 Å². The Balaban J connectivity index is 1.79. The molecule has 0 radical (unpaired) electrons. The molecule has 1 aliphatic carbocycles. The topological polar surface area (TPSA) is 75.1 Å². The minimum Gasteiger partial charge on any atom is -0.369 e. The van der Waals surface area contributed by atoms with Gasteiger partial charge in [0.25, 0.3) is 0 Å². The van der Waals surface area contributed by atoms with E-state index in [2.05, 4.69) is 27.4 Å². The summed E-state index contributed by atoms with van der Waals surface area (Å²) < 4.78 is 1.48. The number of hydrogen-bond acceptors (Lipinski definition) is 4. The van der Waals surface area contributed by atoms with E-state index in [1.807, 2.05) is 13.0 Å². The van der Waals surface area contributed by atoms with E-state index in [1.165, 1.54) is 36.5 Å². The van der Waals surface area contributed by atoms with E-state index in [4.69, 9.17) is 0 Å². The van der Waals surface area contributed by atoms with Gasteiger partial charge in [0.15, 0.2) is 5.65 Å². The van der Waals surface area contributed by atoms with Crippen LogP contribution in [0, 0.1) is 12.3 Å². The summed E-state index contributed by atoms with van der Waals surface area (Å²) in [5.41, 5.74) is 0.722. The summed E-state index contributed by atoms with van der Waals surface area (Å²) in [6, 6.07) is 1.82. The van der Waals surface area contributed by atoms with Crippen molar-refractivity contribution in [2.24, 2.45) is 5.41 Å². The third-order valence-corrected chi connectivity index (χ3v) is 4.33. The molecule has 1 saturated carbocycles. The number of H-pyrrole nitrogens is 1. The Morgan fingerprint density at radius 2 is 2.15 bits per heavy atom. The Bertz CT molecular complexity index is 666. The normalized spacial score (nSPS) is 18.3. The summed E-state index contributed by atoms with van der Waals surface area (Å²) >= 11 is 0. The first kappa shape index (κ1) is 13.1. The van der Waals surface area contributed by atoms with E-state index in [0.29, 0.717) is 16.9 Å². The highest BCUT2D eigenvalue weighted by molar-refractivity contribution is 5.49. The Morgan fingerprint density at radius 1 is 1.40 bits per heavy atom. The number of aromatic nitrogens is 4. The molecule has 0 atom stereocenters. The quantitative estimate of drug-likeness (QED) is 0.899. The smallest absolute Gasteiger partial charge is 0.349 e. The van der Waals surface area contributed by atoms with Crippen molar-refractivity contribution in [1.29, 1.82) is 0 Å². The zero-order chi connectivity index (χ0) is 14.2. The van der Waals surface area contributed by atoms with Crippen LogP contribution in [0.2, 0.25) is 0 Å². The van der Waals surface area contributed by atoms with Crippen LogP contribution in [-0.4, -0.2) is 26.1 Å². The van der Waals surface area contributed by atoms with Gasteiger partial charge in [-0.2, -0.15) is 5.10 Å². The van der Waals surface area contributed by atoms with Gasteiger partial charge in [0.1, 0.15) is 11.6 Å². The minimum atomic E-state index is -0.240. The average Bonchev–Trinajstić information content (AvgIpc) is 2.80. The SMILES string of the molecule is Cc1nc(NCC2(C)CCCCC2)cc2n[nH]c(=O)n12. The van der Waals surface area contributed by atoms with Crippen LogP contribution in [-0.2, 0) is 0 Å². The number of nitrogens with one attached hydrogen (secondary N) is 2. The number of hydrogen-bond donors (Lipinski definition) is 2. The van der Waals surface area contributed by atoms with Gasteiger partial charge in [-0.25, -0.2) is 19.3 Å². The lowest BCUT2D eigenvalue weighted by molar-refractivity contribution is 0.233. The lowest BCUT2D eigenvalue weighted by Gasteiger charge is -2.33. The lowest BCUT2D eigenvalue weighted by atomic mass is 9.76. The van der Waals surface area contributed by atoms with Gasteiger partial charge in [-0.15, -0.1) is 0 Å². The van der Waals surface area contributed by atoms with Gasteiger partial charge in [0.05, 0.1) is 0 Å². The number of aromatic amines is 1. The molecule has 6 nitrogen and oxygen atoms in total. The van der Waals surface area contributed by atoms with Gasteiger partial charge in [-0.3, -0.25) is 0 Å². The summed E-state index contributed by atoms with van der Waals surface area (Å²) in [7, 11) is 0. The largest absolute Gasteiger partial charge is 0.369 e. The van der Waals surface area contributed by atoms with Crippen LogP contribution in [0.4, 0.5) is 5.82 Å². The van der Waals surface area contributed by atoms with Gasteiger partial charge in [0, 0.05) is 12.6 Å². The summed E-state index contributed by atoms with van der Waals surface area (Å²) in [4.78, 5) is 16.0. The molecular weight excluding hydrogens is 254 g/mol. The van der Waals surface area contributed by atoms with Crippen LogP contribution in [0.5, 0.6) is 0 Å². The monoisotopic (exact) mass is 275 g/mol. The first-order valence-electron chi connectivity index (χ1n) is 7.26. The van der Waals surface area contributed by atoms with Crippen LogP contribution < -0.4 is 11.0 Å². The zero-order valence-corrected chi connectivity index (χ0v) is 12.1. The van der Waals surface area contributed by atoms with Crippen molar-refractivity contribution in [2.75, 3.05) is 11.9 Å². The Kier molecular flexibility index (Phi) is 3.23. The summed E-state index contributed by atoms with van der Waals surface area (Å²) in [6.07, 6.45) is 6.53. The van der Waals surface area contributed by atoms with E-state index in [9.17, 15) is 4.79 Å². The van der Waals surface area contributed by atoms with Crippen molar-refractivity contribution in [3.05, 3.63) is 22.4 Å². The molecule has 2 N–H and O–H groups in total. The standard InChI is InChI=1S/C14H21N5O/c1-10-16-11(8-12-17-18-13(20)19(10)12)15-9-14(2)6-4-3-5-7-14/h8,15H,3-7,9H2,1-2H3,(H,18,20). The third-order valence-electron chi connectivity index (χ3n) is 4.33. The molecule has 0 aliphatic heterocycles. The fraction of sp³-hybridized carbons (Fsp3) is 0.643. The Hall–Kier alpha value is -1.85. The molecule has 2 heterocycles. The van der Waals surface area contributed by atoms with Crippen molar-refractivity contribution >= 4 is 11.5 Å². The molecule has 6 heteroatoms. The minimum absolute atomic E-state index is 0.240. The number of rotatable bonds is 3. The van der Waals surface area contributed by atoms with Gasteiger partial charge in [-0.05, 0) is 25.2 Å². The molecule has 0 bridgehead atoms. The molecule has 0 spiro atoms. The van der Waals surface area contributed by atoms with Crippen molar-refractivity contribution < 1.29 is 0 Å². The molecule has 1 fully saturated rings. The highest BCUT2D eigenvalue weighted by Gasteiger charge is 2.26. The van der Waals surface area contributed by atoms with Crippen LogP contribution in [0.1, 0.15) is 44.9 Å². The molecule has 3 rings (SSSR count). The molecule has 0 unspecified atom stereocenters. The van der Waals surface area contributed by atoms with E-state index < -0.39 is 0 Å². The number of nitrogens with zero attached hydrogens (tertiary/aromatic N) is 3. The molecular formula is C14H21N5O. The number of aryl methyl sites for hydroxylation is 1. The van der Waals surface area contributed by atoms with Crippen LogP contribution in [0.3, 0.4) is 0 Å². The van der Waals surface area contributed by atoms with E-state index in [-0.39, 0.29) is 5.69 Å². The molecule has 2 aromatic rings. The first-order chi connectivity index (χ1) is 9.57. The molecule has 108 valence electrons. The van der Waals surface area contributed by atoms with Crippen molar-refractivity contribution in [3.8, 4) is 0 Å². The predicted octanol–water partition coefficient (Wildman–Crippen LogP) is 2.11. The van der Waals surface area contributed by atoms with E-state index in [0.717, 1.165) is 12.4 Å². The highest BCUT2D eigenvalue weighted by atomic mass is 16.1. The van der Waals surface area contributed by atoms with Gasteiger partial charge >= 0.3 is 5.69 Å². The molecule has 20 heavy (non-hydrogen) atoms. The van der Waals surface area contributed by atoms with E-state index >= 15 is 0 Å². The van der Waals surface area contributed by atoms with Crippen molar-refractivity contribution in [1.82, 2.24) is 19.6 Å². The highest BCUT2D eigenvalue weighted by Crippen LogP contribution is 2.35. The fourth-order valence-corrected chi connectivity index (χ4v) is 3.07. The number of anilines is 1. The fourth-order valence-electron chi connectivity index (χ4n) is 3.07. The van der Waals surface area contributed by atoms with Crippen molar-refractivity contribution in [2.45, 2.75) is 46.0 Å². The number of fused-ring (bicyclic) bond motifs is 1. The molecule has 0 saturated heterocycles. The Morgan fingerprint density at radius 3 is 2.90 bits per heavy atom. The molecule has 0 aromatic carbocycles. The second-order valence-electron chi connectivity index (χ2n) is 6.14. The van der Waals surface area contributed by atoms with Crippen molar-refractivity contribution in [3.63, 3.8) is 0 Å². The predicted molar refractivity (Wildman–Crippen MR) is 78.0 cm³/mol. The second kappa shape index (κ2) is 4.92. The summed E-state index contributed by atoms with van der Waals surface area (Å²) in [6.45, 7) is 5.07. The average molecular weight is 275 g/mol. The maximum Gasteiger partial charge on any atom is 0.349 e. The maximum absolute atomic E-state index is 11.6. The van der Waals surface area contributed by atoms with Gasteiger partial charge in [0.2, 0.25) is 0 Å². The molecule has 1 aliphatic rings.